The third-order valence-electron chi connectivity index (χ3n) is 4.55. The average molecular weight is 595 g/mol. The molecule has 216 valence electrons. The number of halogens is 17. The predicted molar refractivity (Wildman–Crippen MR) is 87.7 cm³/mol. The highest BCUT2D eigenvalue weighted by atomic mass is 32.2. The molecule has 0 bridgehead atoms. The van der Waals surface area contributed by atoms with Gasteiger partial charge in [-0.3, -0.25) is 4.79 Å². The van der Waals surface area contributed by atoms with Gasteiger partial charge in [0.05, 0.1) is 0 Å². The van der Waals surface area contributed by atoms with Crippen molar-refractivity contribution in [3.05, 3.63) is 0 Å². The van der Waals surface area contributed by atoms with Gasteiger partial charge in [0.2, 0.25) is 0 Å². The van der Waals surface area contributed by atoms with E-state index in [9.17, 15) is 79.4 Å². The maximum absolute atomic E-state index is 13.8. The van der Waals surface area contributed by atoms with Crippen LogP contribution in [-0.4, -0.2) is 82.8 Å². The molecule has 0 aromatic carbocycles. The molecule has 0 heterocycles. The minimum atomic E-state index is -8.67. The molecular formula is C15H14F17NO2S. The van der Waals surface area contributed by atoms with Gasteiger partial charge < -0.3 is 5.11 Å². The van der Waals surface area contributed by atoms with Gasteiger partial charge in [-0.1, -0.05) is 0 Å². The first kappa shape index (κ1) is 34.6. The Bertz CT molecular complexity index is 786. The molecule has 0 spiro atoms. The Morgan fingerprint density at radius 1 is 0.722 bits per heavy atom. The Labute approximate surface area is 193 Å². The van der Waals surface area contributed by atoms with E-state index >= 15 is 0 Å². The zero-order valence-electron chi connectivity index (χ0n) is 17.3. The van der Waals surface area contributed by atoms with E-state index in [1.807, 2.05) is 0 Å². The maximum atomic E-state index is 13.8. The molecule has 0 aliphatic carbocycles. The van der Waals surface area contributed by atoms with Crippen molar-refractivity contribution in [2.75, 3.05) is 12.0 Å². The van der Waals surface area contributed by atoms with Crippen LogP contribution < -0.4 is 5.32 Å². The first-order valence-corrected chi connectivity index (χ1v) is 10.1. The molecule has 0 amide bonds. The van der Waals surface area contributed by atoms with E-state index in [0.717, 1.165) is 0 Å². The van der Waals surface area contributed by atoms with Crippen molar-refractivity contribution in [1.82, 2.24) is 5.32 Å². The number of carboxylic acids is 1. The van der Waals surface area contributed by atoms with E-state index < -0.39 is 84.8 Å². The summed E-state index contributed by atoms with van der Waals surface area (Å²) in [6.07, 6.45) is -4.46. The number of nitrogens with one attached hydrogen (secondary N) is 1. The van der Waals surface area contributed by atoms with Crippen LogP contribution in [0.1, 0.15) is 13.3 Å². The Hall–Kier alpha value is -1.41. The zero-order valence-corrected chi connectivity index (χ0v) is 18.1. The molecular weight excluding hydrogens is 581 g/mol. The summed E-state index contributed by atoms with van der Waals surface area (Å²) < 4.78 is 230. The van der Waals surface area contributed by atoms with Crippen LogP contribution in [0.2, 0.25) is 0 Å². The fourth-order valence-electron chi connectivity index (χ4n) is 2.25. The lowest BCUT2D eigenvalue weighted by Crippen LogP contribution is -2.76. The quantitative estimate of drug-likeness (QED) is 0.186. The second-order valence-electron chi connectivity index (χ2n) is 7.08. The average Bonchev–Trinajstić information content (AvgIpc) is 2.69. The van der Waals surface area contributed by atoms with Crippen LogP contribution in [0.15, 0.2) is 0 Å². The Kier molecular flexibility index (Phi) is 9.65. The summed E-state index contributed by atoms with van der Waals surface area (Å²) in [5.41, 5.74) is 0. The summed E-state index contributed by atoms with van der Waals surface area (Å²) in [6.45, 7) is -0.675. The smallest absolute Gasteiger partial charge is 0.392 e. The second kappa shape index (κ2) is 10.0. The lowest BCUT2D eigenvalue weighted by atomic mass is 9.87. The SMILES string of the molecule is CSCC[C@H](NC(F)(F)C(F)(F)C(F)(F)C(F)(F)C(F)(F)C(F)(F)C(F)(F)C(F)(F)C(C)F)C(=O)O. The van der Waals surface area contributed by atoms with Crippen molar-refractivity contribution in [1.29, 1.82) is 0 Å². The number of thioether (sulfide) groups is 1. The summed E-state index contributed by atoms with van der Waals surface area (Å²) in [5, 5.41) is 8.59. The number of rotatable bonds is 14. The van der Waals surface area contributed by atoms with E-state index in [1.54, 1.807) is 0 Å². The van der Waals surface area contributed by atoms with Crippen LogP contribution in [0.5, 0.6) is 0 Å². The van der Waals surface area contributed by atoms with Crippen LogP contribution >= 0.6 is 11.8 Å². The summed E-state index contributed by atoms with van der Waals surface area (Å²) in [7, 11) is 0. The molecule has 0 radical (unpaired) electrons. The highest BCUT2D eigenvalue weighted by Gasteiger charge is 2.95. The summed E-state index contributed by atoms with van der Waals surface area (Å²) in [6, 6.07) is -9.90. The molecule has 0 aromatic heterocycles. The molecule has 0 aliphatic heterocycles. The van der Waals surface area contributed by atoms with Crippen molar-refractivity contribution >= 4 is 17.7 Å². The Balaban J connectivity index is 6.73. The minimum Gasteiger partial charge on any atom is -0.480 e. The standard InChI is InChI=1S/C15H14F17NO2S/c1-5(16)8(17,18)9(19,20)10(21,22)11(23,24)12(25,26)13(27,28)14(29,30)15(31,32)33-6(7(34)35)3-4-36-2/h5-6,33H,3-4H2,1-2H3,(H,34,35)/t5?,6-/m0/s1. The first-order valence-electron chi connectivity index (χ1n) is 8.72. The number of alkyl halides is 17. The van der Waals surface area contributed by atoms with Crippen molar-refractivity contribution in [2.24, 2.45) is 0 Å². The van der Waals surface area contributed by atoms with Gasteiger partial charge in [0.15, 0.2) is 6.17 Å². The molecule has 2 atom stereocenters. The molecule has 1 unspecified atom stereocenters. The Morgan fingerprint density at radius 2 is 1.06 bits per heavy atom. The van der Waals surface area contributed by atoms with E-state index in [1.165, 1.54) is 6.26 Å². The van der Waals surface area contributed by atoms with Gasteiger partial charge in [0, 0.05) is 0 Å². The number of carbonyl (C=O) groups is 1. The monoisotopic (exact) mass is 595 g/mol. The van der Waals surface area contributed by atoms with Crippen LogP contribution in [0, 0.1) is 0 Å². The maximum Gasteiger partial charge on any atom is 0.392 e. The number of carboxylic acid groups (broad SMARTS) is 1. The minimum absolute atomic E-state index is 0.0540. The van der Waals surface area contributed by atoms with E-state index in [-0.39, 0.29) is 5.32 Å². The first-order chi connectivity index (χ1) is 15.6. The lowest BCUT2D eigenvalue weighted by Gasteiger charge is -2.44. The summed E-state index contributed by atoms with van der Waals surface area (Å²) in [5.74, 6) is -60.2. The molecule has 0 saturated heterocycles. The molecule has 0 aromatic rings. The van der Waals surface area contributed by atoms with Crippen molar-refractivity contribution in [3.8, 4) is 0 Å². The van der Waals surface area contributed by atoms with Crippen LogP contribution in [0.4, 0.5) is 74.6 Å². The lowest BCUT2D eigenvalue weighted by molar-refractivity contribution is -0.456. The molecule has 0 saturated carbocycles. The van der Waals surface area contributed by atoms with Gasteiger partial charge in [-0.05, 0) is 25.4 Å². The molecule has 2 N–H and O–H groups in total. The second-order valence-corrected chi connectivity index (χ2v) is 8.06. The third kappa shape index (κ3) is 5.01. The van der Waals surface area contributed by atoms with E-state index in [0.29, 0.717) is 11.8 Å². The van der Waals surface area contributed by atoms with E-state index in [4.69, 9.17) is 5.11 Å². The fourth-order valence-corrected chi connectivity index (χ4v) is 2.72. The van der Waals surface area contributed by atoms with Gasteiger partial charge in [0.1, 0.15) is 6.04 Å². The van der Waals surface area contributed by atoms with Gasteiger partial charge in [-0.2, -0.15) is 82.0 Å². The Morgan fingerprint density at radius 3 is 1.36 bits per heavy atom. The summed E-state index contributed by atoms with van der Waals surface area (Å²) >= 11 is 0.658. The van der Waals surface area contributed by atoms with Crippen molar-refractivity contribution in [2.45, 2.75) is 73.1 Å². The van der Waals surface area contributed by atoms with Gasteiger partial charge in [-0.25, -0.2) is 9.71 Å². The predicted octanol–water partition coefficient (Wildman–Crippen LogP) is 6.18. The van der Waals surface area contributed by atoms with E-state index in [2.05, 4.69) is 0 Å². The molecule has 0 fully saturated rings. The number of hydrogen-bond donors (Lipinski definition) is 2. The molecule has 0 rings (SSSR count). The fraction of sp³-hybridized carbons (Fsp3) is 0.933. The van der Waals surface area contributed by atoms with Gasteiger partial charge in [0.25, 0.3) is 0 Å². The molecule has 0 aliphatic rings. The molecule has 21 heteroatoms. The highest BCUT2D eigenvalue weighted by Crippen LogP contribution is 2.64. The largest absolute Gasteiger partial charge is 0.480 e. The topological polar surface area (TPSA) is 49.3 Å². The van der Waals surface area contributed by atoms with Crippen molar-refractivity contribution < 1.29 is 84.5 Å². The number of aliphatic carboxylic acids is 1. The summed E-state index contributed by atoms with van der Waals surface area (Å²) in [4.78, 5) is 10.8. The van der Waals surface area contributed by atoms with Crippen LogP contribution in [0.3, 0.4) is 0 Å². The zero-order chi connectivity index (χ0) is 29.6. The normalized spacial score (nSPS) is 17.2. The highest BCUT2D eigenvalue weighted by molar-refractivity contribution is 7.98. The van der Waals surface area contributed by atoms with Gasteiger partial charge in [-0.15, -0.1) is 0 Å². The van der Waals surface area contributed by atoms with Gasteiger partial charge >= 0.3 is 53.5 Å². The van der Waals surface area contributed by atoms with Crippen LogP contribution in [-0.2, 0) is 4.79 Å². The third-order valence-corrected chi connectivity index (χ3v) is 5.19. The number of hydrogen-bond acceptors (Lipinski definition) is 3. The molecule has 36 heavy (non-hydrogen) atoms. The van der Waals surface area contributed by atoms with Crippen LogP contribution in [0.25, 0.3) is 0 Å². The van der Waals surface area contributed by atoms with Crippen molar-refractivity contribution in [3.63, 3.8) is 0 Å². The molecule has 3 nitrogen and oxygen atoms in total.